The Balaban J connectivity index is 0.00000338. The molecule has 1 saturated heterocycles. The number of aliphatic imine (C=N–C) groups is 1. The van der Waals surface area contributed by atoms with Crippen molar-refractivity contribution in [2.45, 2.75) is 45.5 Å². The predicted octanol–water partition coefficient (Wildman–Crippen LogP) is 4.29. The molecule has 148 valence electrons. The molecule has 0 saturated carbocycles. The lowest BCUT2D eigenvalue weighted by Crippen LogP contribution is -2.47. The molecule has 1 aliphatic rings. The van der Waals surface area contributed by atoms with E-state index in [-0.39, 0.29) is 24.0 Å². The van der Waals surface area contributed by atoms with E-state index in [1.807, 2.05) is 13.8 Å². The molecule has 0 radical (unpaired) electrons. The summed E-state index contributed by atoms with van der Waals surface area (Å²) in [5, 5.41) is 3.26. The number of rotatable bonds is 5. The third-order valence-corrected chi connectivity index (χ3v) is 4.17. The van der Waals surface area contributed by atoms with Crippen LogP contribution in [0.5, 0.6) is 0 Å². The number of nitrogens with one attached hydrogen (secondary N) is 1. The van der Waals surface area contributed by atoms with Crippen LogP contribution in [0, 0.1) is 0 Å². The van der Waals surface area contributed by atoms with Crippen LogP contribution < -0.4 is 5.32 Å². The van der Waals surface area contributed by atoms with Crippen LogP contribution in [-0.4, -0.2) is 43.2 Å². The van der Waals surface area contributed by atoms with Crippen molar-refractivity contribution in [1.29, 1.82) is 0 Å². The van der Waals surface area contributed by atoms with E-state index in [0.717, 1.165) is 62.7 Å². The number of guanidine groups is 1. The molecule has 0 bridgehead atoms. The molecule has 1 aromatic carbocycles. The van der Waals surface area contributed by atoms with Crippen molar-refractivity contribution < 1.29 is 17.9 Å². The molecule has 8 heteroatoms. The molecule has 26 heavy (non-hydrogen) atoms. The van der Waals surface area contributed by atoms with E-state index >= 15 is 0 Å². The Labute approximate surface area is 170 Å². The second kappa shape index (κ2) is 11.0. The maximum Gasteiger partial charge on any atom is 0.416 e. The van der Waals surface area contributed by atoms with Gasteiger partial charge in [-0.1, -0.05) is 12.1 Å². The highest BCUT2D eigenvalue weighted by Crippen LogP contribution is 2.29. The van der Waals surface area contributed by atoms with Gasteiger partial charge in [0, 0.05) is 26.2 Å². The zero-order valence-electron chi connectivity index (χ0n) is 15.2. The van der Waals surface area contributed by atoms with E-state index in [1.54, 1.807) is 0 Å². The summed E-state index contributed by atoms with van der Waals surface area (Å²) < 4.78 is 43.5. The fourth-order valence-electron chi connectivity index (χ4n) is 2.86. The number of benzene rings is 1. The molecular formula is C18H27F3IN3O. The number of likely N-dealkylation sites (tertiary alicyclic amines) is 1. The maximum absolute atomic E-state index is 12.6. The predicted molar refractivity (Wildman–Crippen MR) is 108 cm³/mol. The minimum absolute atomic E-state index is 0. The quantitative estimate of drug-likeness (QED) is 0.384. The van der Waals surface area contributed by atoms with Gasteiger partial charge in [-0.05, 0) is 44.4 Å². The third kappa shape index (κ3) is 6.94. The summed E-state index contributed by atoms with van der Waals surface area (Å²) in [5.74, 6) is 0.803. The Morgan fingerprint density at radius 1 is 1.19 bits per heavy atom. The Bertz CT molecular complexity index is 556. The summed E-state index contributed by atoms with van der Waals surface area (Å²) in [6.07, 6.45) is -2.09. The minimum Gasteiger partial charge on any atom is -0.378 e. The third-order valence-electron chi connectivity index (χ3n) is 4.17. The fraction of sp³-hybridized carbons (Fsp3) is 0.611. The van der Waals surface area contributed by atoms with Gasteiger partial charge in [0.25, 0.3) is 0 Å². The van der Waals surface area contributed by atoms with Crippen LogP contribution in [0.1, 0.15) is 37.8 Å². The van der Waals surface area contributed by atoms with Gasteiger partial charge in [-0.2, -0.15) is 13.2 Å². The topological polar surface area (TPSA) is 36.9 Å². The molecule has 0 aromatic heterocycles. The maximum atomic E-state index is 12.6. The van der Waals surface area contributed by atoms with Gasteiger partial charge in [0.05, 0.1) is 18.2 Å². The lowest BCUT2D eigenvalue weighted by molar-refractivity contribution is -0.137. The monoisotopic (exact) mass is 485 g/mol. The van der Waals surface area contributed by atoms with Gasteiger partial charge >= 0.3 is 6.18 Å². The molecule has 0 aliphatic carbocycles. The Hall–Kier alpha value is -1.03. The lowest BCUT2D eigenvalue weighted by atomic mass is 10.1. The fourth-order valence-corrected chi connectivity index (χ4v) is 2.86. The molecule has 1 heterocycles. The van der Waals surface area contributed by atoms with Crippen LogP contribution in [0.25, 0.3) is 0 Å². The second-order valence-corrected chi connectivity index (χ2v) is 6.01. The van der Waals surface area contributed by atoms with Crippen molar-refractivity contribution in [2.75, 3.05) is 26.2 Å². The van der Waals surface area contributed by atoms with E-state index in [0.29, 0.717) is 12.6 Å². The smallest absolute Gasteiger partial charge is 0.378 e. The molecule has 1 aromatic rings. The number of hydrogen-bond acceptors (Lipinski definition) is 2. The summed E-state index contributed by atoms with van der Waals surface area (Å²) in [7, 11) is 0. The average molecular weight is 485 g/mol. The van der Waals surface area contributed by atoms with Gasteiger partial charge in [0.1, 0.15) is 0 Å². The Kier molecular flexibility index (Phi) is 9.70. The summed E-state index contributed by atoms with van der Waals surface area (Å²) in [6, 6.07) is 5.17. The largest absolute Gasteiger partial charge is 0.416 e. The number of piperidine rings is 1. The van der Waals surface area contributed by atoms with E-state index in [2.05, 4.69) is 15.2 Å². The van der Waals surface area contributed by atoms with Gasteiger partial charge in [0.2, 0.25) is 0 Å². The van der Waals surface area contributed by atoms with Crippen molar-refractivity contribution in [3.8, 4) is 0 Å². The summed E-state index contributed by atoms with van der Waals surface area (Å²) in [4.78, 5) is 6.76. The molecule has 0 unspecified atom stereocenters. The number of halogens is 4. The molecule has 0 amide bonds. The zero-order chi connectivity index (χ0) is 18.3. The highest BCUT2D eigenvalue weighted by Gasteiger charge is 2.29. The number of ether oxygens (including phenoxy) is 1. The highest BCUT2D eigenvalue weighted by atomic mass is 127. The van der Waals surface area contributed by atoms with Gasteiger partial charge in [-0.3, -0.25) is 0 Å². The van der Waals surface area contributed by atoms with E-state index in [9.17, 15) is 13.2 Å². The molecule has 1 N–H and O–H groups in total. The van der Waals surface area contributed by atoms with E-state index < -0.39 is 11.7 Å². The lowest BCUT2D eigenvalue weighted by Gasteiger charge is -2.34. The highest BCUT2D eigenvalue weighted by molar-refractivity contribution is 14.0. The molecular weight excluding hydrogens is 458 g/mol. The zero-order valence-corrected chi connectivity index (χ0v) is 17.5. The molecule has 4 nitrogen and oxygen atoms in total. The SMILES string of the molecule is CCNC(=NCc1ccc(C(F)(F)F)cc1)N1CCC(OCC)CC1.I. The standard InChI is InChI=1S/C18H26F3N3O.HI/c1-3-22-17(24-11-9-16(10-12-24)25-4-2)23-13-14-5-7-15(8-6-14)18(19,20)21;/h5-8,16H,3-4,9-13H2,1-2H3,(H,22,23);1H. The van der Waals surface area contributed by atoms with Crippen molar-refractivity contribution in [3.05, 3.63) is 35.4 Å². The summed E-state index contributed by atoms with van der Waals surface area (Å²) in [5.41, 5.74) is 0.123. The van der Waals surface area contributed by atoms with Crippen molar-refractivity contribution in [1.82, 2.24) is 10.2 Å². The van der Waals surface area contributed by atoms with E-state index in [1.165, 1.54) is 12.1 Å². The number of nitrogens with zero attached hydrogens (tertiary/aromatic N) is 2. The van der Waals surface area contributed by atoms with Crippen LogP contribution in [0.2, 0.25) is 0 Å². The molecule has 1 fully saturated rings. The Morgan fingerprint density at radius 2 is 1.81 bits per heavy atom. The minimum atomic E-state index is -4.30. The summed E-state index contributed by atoms with van der Waals surface area (Å²) >= 11 is 0. The van der Waals surface area contributed by atoms with Gasteiger partial charge < -0.3 is 15.0 Å². The van der Waals surface area contributed by atoms with Crippen LogP contribution in [-0.2, 0) is 17.5 Å². The van der Waals surface area contributed by atoms with Crippen molar-refractivity contribution >= 4 is 29.9 Å². The number of alkyl halides is 3. The molecule has 0 atom stereocenters. The van der Waals surface area contributed by atoms with Crippen molar-refractivity contribution in [3.63, 3.8) is 0 Å². The van der Waals surface area contributed by atoms with Gasteiger partial charge in [0.15, 0.2) is 5.96 Å². The number of hydrogen-bond donors (Lipinski definition) is 1. The first-order valence-corrected chi connectivity index (χ1v) is 8.75. The van der Waals surface area contributed by atoms with Crippen LogP contribution in [0.3, 0.4) is 0 Å². The van der Waals surface area contributed by atoms with Crippen LogP contribution >= 0.6 is 24.0 Å². The first kappa shape index (κ1) is 23.0. The normalized spacial score (nSPS) is 16.3. The molecule has 0 spiro atoms. The second-order valence-electron chi connectivity index (χ2n) is 6.01. The average Bonchev–Trinajstić information content (AvgIpc) is 2.59. The summed E-state index contributed by atoms with van der Waals surface area (Å²) in [6.45, 7) is 7.56. The first-order valence-electron chi connectivity index (χ1n) is 8.75. The van der Waals surface area contributed by atoms with Crippen LogP contribution in [0.15, 0.2) is 29.3 Å². The van der Waals surface area contributed by atoms with Crippen LogP contribution in [0.4, 0.5) is 13.2 Å². The molecule has 2 rings (SSSR count). The van der Waals surface area contributed by atoms with E-state index in [4.69, 9.17) is 4.74 Å². The van der Waals surface area contributed by atoms with Crippen molar-refractivity contribution in [2.24, 2.45) is 4.99 Å². The van der Waals surface area contributed by atoms with Gasteiger partial charge in [-0.15, -0.1) is 24.0 Å². The molecule has 1 aliphatic heterocycles. The van der Waals surface area contributed by atoms with Gasteiger partial charge in [-0.25, -0.2) is 4.99 Å². The first-order chi connectivity index (χ1) is 11.9. The Morgan fingerprint density at radius 3 is 2.31 bits per heavy atom.